The lowest BCUT2D eigenvalue weighted by molar-refractivity contribution is -0.134. The predicted octanol–water partition coefficient (Wildman–Crippen LogP) is 0.685. The first-order valence-corrected chi connectivity index (χ1v) is 8.05. The van der Waals surface area contributed by atoms with E-state index in [-0.39, 0.29) is 11.9 Å². The van der Waals surface area contributed by atoms with Crippen LogP contribution in [0, 0.1) is 5.92 Å². The Kier molecular flexibility index (Phi) is 6.26. The molecule has 0 aromatic carbocycles. The molecule has 1 amide bonds. The van der Waals surface area contributed by atoms with Crippen molar-refractivity contribution in [1.29, 1.82) is 0 Å². The predicted molar refractivity (Wildman–Crippen MR) is 79.4 cm³/mol. The summed E-state index contributed by atoms with van der Waals surface area (Å²) in [5.74, 6) is 0.872. The number of carbonyl (C=O) groups excluding carboxylic acids is 1. The Balaban J connectivity index is 1.70. The van der Waals surface area contributed by atoms with E-state index in [1.54, 1.807) is 0 Å². The third-order valence-corrected chi connectivity index (χ3v) is 4.46. The quantitative estimate of drug-likeness (QED) is 0.806. The number of nitrogens with two attached hydrogens (primary N) is 1. The molecular formula is C15H29N3O2. The van der Waals surface area contributed by atoms with E-state index in [0.717, 1.165) is 77.5 Å². The van der Waals surface area contributed by atoms with Gasteiger partial charge in [-0.1, -0.05) is 13.3 Å². The van der Waals surface area contributed by atoms with E-state index in [9.17, 15) is 4.79 Å². The summed E-state index contributed by atoms with van der Waals surface area (Å²) in [6, 6.07) is -0.296. The number of nitrogens with zero attached hydrogens (tertiary/aromatic N) is 2. The number of morpholine rings is 1. The summed E-state index contributed by atoms with van der Waals surface area (Å²) in [6.45, 7) is 8.83. The molecule has 0 aromatic rings. The summed E-state index contributed by atoms with van der Waals surface area (Å²) >= 11 is 0. The second-order valence-electron chi connectivity index (χ2n) is 6.08. The van der Waals surface area contributed by atoms with Crippen LogP contribution in [0.3, 0.4) is 0 Å². The smallest absolute Gasteiger partial charge is 0.239 e. The van der Waals surface area contributed by atoms with Crippen molar-refractivity contribution in [3.63, 3.8) is 0 Å². The van der Waals surface area contributed by atoms with Crippen LogP contribution < -0.4 is 5.73 Å². The Morgan fingerprint density at radius 2 is 1.90 bits per heavy atom. The molecule has 2 fully saturated rings. The number of ether oxygens (including phenoxy) is 1. The van der Waals surface area contributed by atoms with Gasteiger partial charge in [-0.05, 0) is 25.2 Å². The molecule has 1 unspecified atom stereocenters. The van der Waals surface area contributed by atoms with Crippen LogP contribution in [0.2, 0.25) is 0 Å². The number of piperidine rings is 1. The van der Waals surface area contributed by atoms with Crippen LogP contribution >= 0.6 is 0 Å². The molecule has 2 saturated heterocycles. The van der Waals surface area contributed by atoms with E-state index in [1.165, 1.54) is 0 Å². The van der Waals surface area contributed by atoms with Crippen molar-refractivity contribution in [3.05, 3.63) is 0 Å². The van der Waals surface area contributed by atoms with Gasteiger partial charge in [0.1, 0.15) is 0 Å². The minimum absolute atomic E-state index is 0.150. The van der Waals surface area contributed by atoms with Gasteiger partial charge in [-0.15, -0.1) is 0 Å². The maximum absolute atomic E-state index is 12.2. The Morgan fingerprint density at radius 3 is 2.50 bits per heavy atom. The molecule has 0 spiro atoms. The zero-order chi connectivity index (χ0) is 14.4. The monoisotopic (exact) mass is 283 g/mol. The molecule has 20 heavy (non-hydrogen) atoms. The summed E-state index contributed by atoms with van der Waals surface area (Å²) in [4.78, 5) is 16.6. The number of hydrogen-bond donors (Lipinski definition) is 1. The molecule has 1 atom stereocenters. The van der Waals surface area contributed by atoms with Crippen molar-refractivity contribution in [1.82, 2.24) is 9.80 Å². The van der Waals surface area contributed by atoms with Crippen LogP contribution in [-0.2, 0) is 9.53 Å². The largest absolute Gasteiger partial charge is 0.379 e. The fourth-order valence-electron chi connectivity index (χ4n) is 3.15. The molecule has 0 radical (unpaired) electrons. The third-order valence-electron chi connectivity index (χ3n) is 4.46. The van der Waals surface area contributed by atoms with E-state index in [0.29, 0.717) is 0 Å². The van der Waals surface area contributed by atoms with Gasteiger partial charge in [-0.2, -0.15) is 0 Å². The number of amides is 1. The topological polar surface area (TPSA) is 58.8 Å². The minimum Gasteiger partial charge on any atom is -0.379 e. The van der Waals surface area contributed by atoms with Crippen LogP contribution in [0.25, 0.3) is 0 Å². The van der Waals surface area contributed by atoms with Gasteiger partial charge in [0.25, 0.3) is 0 Å². The number of hydrogen-bond acceptors (Lipinski definition) is 4. The molecule has 2 heterocycles. The molecule has 2 aliphatic heterocycles. The first kappa shape index (κ1) is 15.7. The lowest BCUT2D eigenvalue weighted by atomic mass is 9.95. The summed E-state index contributed by atoms with van der Waals surface area (Å²) in [6.07, 6.45) is 4.00. The Morgan fingerprint density at radius 1 is 1.25 bits per heavy atom. The highest BCUT2D eigenvalue weighted by atomic mass is 16.5. The van der Waals surface area contributed by atoms with Gasteiger partial charge < -0.3 is 15.4 Å². The number of rotatable bonds is 5. The van der Waals surface area contributed by atoms with Crippen molar-refractivity contribution in [2.75, 3.05) is 45.9 Å². The second-order valence-corrected chi connectivity index (χ2v) is 6.08. The molecule has 0 saturated carbocycles. The van der Waals surface area contributed by atoms with E-state index < -0.39 is 0 Å². The van der Waals surface area contributed by atoms with Crippen molar-refractivity contribution >= 4 is 5.91 Å². The summed E-state index contributed by atoms with van der Waals surface area (Å²) in [5, 5.41) is 0. The molecule has 5 heteroatoms. The molecule has 116 valence electrons. The van der Waals surface area contributed by atoms with Gasteiger partial charge in [0, 0.05) is 32.7 Å². The van der Waals surface area contributed by atoms with Crippen LogP contribution in [-0.4, -0.2) is 67.7 Å². The fraction of sp³-hybridized carbons (Fsp3) is 0.933. The highest BCUT2D eigenvalue weighted by Crippen LogP contribution is 2.19. The van der Waals surface area contributed by atoms with Gasteiger partial charge in [-0.3, -0.25) is 9.69 Å². The minimum atomic E-state index is -0.296. The third kappa shape index (κ3) is 4.43. The summed E-state index contributed by atoms with van der Waals surface area (Å²) in [5.41, 5.74) is 5.93. The summed E-state index contributed by atoms with van der Waals surface area (Å²) < 4.78 is 5.38. The Labute approximate surface area is 122 Å². The lowest BCUT2D eigenvalue weighted by Crippen LogP contribution is -2.48. The second kappa shape index (κ2) is 7.96. The molecule has 5 nitrogen and oxygen atoms in total. The van der Waals surface area contributed by atoms with E-state index >= 15 is 0 Å². The first-order valence-electron chi connectivity index (χ1n) is 8.05. The average Bonchev–Trinajstić information content (AvgIpc) is 2.48. The SMILES string of the molecule is CCCC(N)C(=O)N1CCC(CN2CCOCC2)CC1. The lowest BCUT2D eigenvalue weighted by Gasteiger charge is -2.36. The van der Waals surface area contributed by atoms with Gasteiger partial charge in [0.2, 0.25) is 5.91 Å². The van der Waals surface area contributed by atoms with E-state index in [1.807, 2.05) is 4.90 Å². The molecule has 0 aliphatic carbocycles. The molecular weight excluding hydrogens is 254 g/mol. The van der Waals surface area contributed by atoms with Gasteiger partial charge in [-0.25, -0.2) is 0 Å². The fourth-order valence-corrected chi connectivity index (χ4v) is 3.15. The maximum atomic E-state index is 12.2. The molecule has 2 N–H and O–H groups in total. The zero-order valence-electron chi connectivity index (χ0n) is 12.7. The maximum Gasteiger partial charge on any atom is 0.239 e. The van der Waals surface area contributed by atoms with Crippen LogP contribution in [0.1, 0.15) is 32.6 Å². The van der Waals surface area contributed by atoms with E-state index in [2.05, 4.69) is 11.8 Å². The van der Waals surface area contributed by atoms with Crippen LogP contribution in [0.5, 0.6) is 0 Å². The zero-order valence-corrected chi connectivity index (χ0v) is 12.7. The van der Waals surface area contributed by atoms with Gasteiger partial charge in [0.15, 0.2) is 0 Å². The summed E-state index contributed by atoms with van der Waals surface area (Å²) in [7, 11) is 0. The van der Waals surface area contributed by atoms with Crippen LogP contribution in [0.4, 0.5) is 0 Å². The van der Waals surface area contributed by atoms with Crippen molar-refractivity contribution in [2.45, 2.75) is 38.6 Å². The number of carbonyl (C=O) groups is 1. The van der Waals surface area contributed by atoms with E-state index in [4.69, 9.17) is 10.5 Å². The normalized spacial score (nSPS) is 23.8. The molecule has 2 rings (SSSR count). The molecule has 2 aliphatic rings. The standard InChI is InChI=1S/C15H29N3O2/c1-2-3-14(16)15(19)18-6-4-13(5-7-18)12-17-8-10-20-11-9-17/h13-14H,2-12,16H2,1H3. The van der Waals surface area contributed by atoms with Crippen molar-refractivity contribution in [3.8, 4) is 0 Å². The number of likely N-dealkylation sites (tertiary alicyclic amines) is 1. The average molecular weight is 283 g/mol. The Bertz CT molecular complexity index is 297. The van der Waals surface area contributed by atoms with Crippen LogP contribution in [0.15, 0.2) is 0 Å². The van der Waals surface area contributed by atoms with Gasteiger partial charge in [0.05, 0.1) is 19.3 Å². The van der Waals surface area contributed by atoms with Gasteiger partial charge >= 0.3 is 0 Å². The Hall–Kier alpha value is -0.650. The van der Waals surface area contributed by atoms with Crippen molar-refractivity contribution < 1.29 is 9.53 Å². The van der Waals surface area contributed by atoms with Crippen molar-refractivity contribution in [2.24, 2.45) is 11.7 Å². The first-order chi connectivity index (χ1) is 9.70. The molecule has 0 bridgehead atoms. The highest BCUT2D eigenvalue weighted by molar-refractivity contribution is 5.81. The highest BCUT2D eigenvalue weighted by Gasteiger charge is 2.27. The molecule has 0 aromatic heterocycles.